The maximum Gasteiger partial charge on any atom is 0.267 e. The van der Waals surface area contributed by atoms with Crippen LogP contribution >= 0.6 is 0 Å². The summed E-state index contributed by atoms with van der Waals surface area (Å²) in [6.07, 6.45) is 11.5. The largest absolute Gasteiger partial charge is 0.296 e. The molecule has 32 heavy (non-hydrogen) atoms. The van der Waals surface area contributed by atoms with E-state index in [1.54, 1.807) is 11.6 Å². The first-order chi connectivity index (χ1) is 15.4. The molecular weight excluding hydrogens is 403 g/mol. The highest BCUT2D eigenvalue weighted by Crippen LogP contribution is 2.31. The van der Waals surface area contributed by atoms with Crippen molar-refractivity contribution in [1.29, 1.82) is 0 Å². The molecule has 5 heteroatoms. The lowest BCUT2D eigenvalue weighted by molar-refractivity contribution is -0.124. The summed E-state index contributed by atoms with van der Waals surface area (Å²) in [5.74, 6) is -0.552. The van der Waals surface area contributed by atoms with Crippen molar-refractivity contribution in [3.05, 3.63) is 76.4 Å². The van der Waals surface area contributed by atoms with Crippen molar-refractivity contribution in [2.75, 3.05) is 6.54 Å². The Morgan fingerprint density at radius 3 is 2.62 bits per heavy atom. The van der Waals surface area contributed by atoms with Gasteiger partial charge < -0.3 is 0 Å². The highest BCUT2D eigenvalue weighted by Gasteiger charge is 2.19. The van der Waals surface area contributed by atoms with E-state index in [1.165, 1.54) is 22.8 Å². The van der Waals surface area contributed by atoms with Gasteiger partial charge in [-0.3, -0.25) is 14.9 Å². The van der Waals surface area contributed by atoms with Crippen LogP contribution in [0.2, 0.25) is 0 Å². The Morgan fingerprint density at radius 2 is 2.03 bits per heavy atom. The fourth-order valence-electron chi connectivity index (χ4n) is 3.94. The maximum absolute atomic E-state index is 14.1. The van der Waals surface area contributed by atoms with Crippen LogP contribution in [0.5, 0.6) is 0 Å². The molecule has 0 saturated carbocycles. The number of amides is 1. The SMILES string of the molecule is C/C=C(/CCN(Cc1ccc(/C=C/C(=O)NO)cc1)C(C)C)C1=CC(F)CC=C1CCC. The molecule has 1 atom stereocenters. The molecule has 1 aromatic carbocycles. The van der Waals surface area contributed by atoms with Gasteiger partial charge in [-0.1, -0.05) is 49.8 Å². The number of halogens is 1. The number of rotatable bonds is 11. The van der Waals surface area contributed by atoms with E-state index in [1.807, 2.05) is 25.1 Å². The van der Waals surface area contributed by atoms with Crippen LogP contribution in [0.25, 0.3) is 6.08 Å². The van der Waals surface area contributed by atoms with Gasteiger partial charge in [0.2, 0.25) is 0 Å². The third-order valence-corrected chi connectivity index (χ3v) is 5.80. The average molecular weight is 441 g/mol. The quantitative estimate of drug-likeness (QED) is 0.247. The smallest absolute Gasteiger partial charge is 0.267 e. The molecule has 0 radical (unpaired) electrons. The number of nitrogens with zero attached hydrogens (tertiary/aromatic N) is 1. The predicted octanol–water partition coefficient (Wildman–Crippen LogP) is 6.15. The first-order valence-electron chi connectivity index (χ1n) is 11.5. The lowest BCUT2D eigenvalue weighted by Crippen LogP contribution is -2.31. The lowest BCUT2D eigenvalue weighted by atomic mass is 9.87. The molecule has 174 valence electrons. The normalized spacial score (nSPS) is 17.1. The number of carbonyl (C=O) groups is 1. The second kappa shape index (κ2) is 13.1. The molecule has 0 saturated heterocycles. The van der Waals surface area contributed by atoms with Gasteiger partial charge in [0.15, 0.2) is 0 Å². The molecule has 1 aromatic rings. The van der Waals surface area contributed by atoms with Gasteiger partial charge in [0, 0.05) is 31.6 Å². The summed E-state index contributed by atoms with van der Waals surface area (Å²) in [7, 11) is 0. The van der Waals surface area contributed by atoms with Crippen LogP contribution in [0.1, 0.15) is 64.5 Å². The molecule has 1 amide bonds. The van der Waals surface area contributed by atoms with E-state index < -0.39 is 12.1 Å². The molecule has 0 heterocycles. The van der Waals surface area contributed by atoms with E-state index in [-0.39, 0.29) is 0 Å². The number of nitrogens with one attached hydrogen (secondary N) is 1. The van der Waals surface area contributed by atoms with Crippen molar-refractivity contribution in [3.63, 3.8) is 0 Å². The topological polar surface area (TPSA) is 52.6 Å². The number of benzene rings is 1. The van der Waals surface area contributed by atoms with Crippen LogP contribution < -0.4 is 5.48 Å². The highest BCUT2D eigenvalue weighted by atomic mass is 19.1. The highest BCUT2D eigenvalue weighted by molar-refractivity contribution is 5.90. The standard InChI is InChI=1S/C27H37FN2O2/c1-5-7-24-13-14-25(28)18-26(24)23(6-2)16-17-30(20(3)4)19-22-10-8-21(9-11-22)12-15-27(31)29-32/h6,8-13,15,18,20,25,32H,5,7,14,16-17,19H2,1-4H3,(H,29,31)/b15-12+,23-6-. The average Bonchev–Trinajstić information content (AvgIpc) is 2.79. The summed E-state index contributed by atoms with van der Waals surface area (Å²) >= 11 is 0. The Kier molecular flexibility index (Phi) is 10.6. The van der Waals surface area contributed by atoms with Gasteiger partial charge in [-0.25, -0.2) is 9.87 Å². The van der Waals surface area contributed by atoms with Crippen molar-refractivity contribution < 1.29 is 14.4 Å². The van der Waals surface area contributed by atoms with Crippen molar-refractivity contribution in [2.45, 2.75) is 72.1 Å². The monoisotopic (exact) mass is 440 g/mol. The van der Waals surface area contributed by atoms with Crippen molar-refractivity contribution in [1.82, 2.24) is 10.4 Å². The Hall–Kier alpha value is -2.50. The fourth-order valence-corrected chi connectivity index (χ4v) is 3.94. The summed E-state index contributed by atoms with van der Waals surface area (Å²) in [6, 6.07) is 8.41. The molecule has 4 nitrogen and oxygen atoms in total. The molecule has 0 bridgehead atoms. The second-order valence-corrected chi connectivity index (χ2v) is 8.49. The number of alkyl halides is 1. The molecular formula is C27H37FN2O2. The molecule has 0 fully saturated rings. The summed E-state index contributed by atoms with van der Waals surface area (Å²) in [5.41, 5.74) is 7.27. The van der Waals surface area contributed by atoms with Crippen LogP contribution in [-0.4, -0.2) is 34.8 Å². The lowest BCUT2D eigenvalue weighted by Gasteiger charge is -2.28. The molecule has 0 aromatic heterocycles. The zero-order chi connectivity index (χ0) is 23.5. The summed E-state index contributed by atoms with van der Waals surface area (Å²) < 4.78 is 14.1. The zero-order valence-electron chi connectivity index (χ0n) is 19.8. The van der Waals surface area contributed by atoms with E-state index in [9.17, 15) is 9.18 Å². The third kappa shape index (κ3) is 7.88. The number of hydrogen-bond acceptors (Lipinski definition) is 3. The summed E-state index contributed by atoms with van der Waals surface area (Å²) in [6.45, 7) is 10.3. The van der Waals surface area contributed by atoms with E-state index in [4.69, 9.17) is 5.21 Å². The van der Waals surface area contributed by atoms with Crippen molar-refractivity contribution in [3.8, 4) is 0 Å². The van der Waals surface area contributed by atoms with E-state index in [2.05, 4.69) is 50.0 Å². The first kappa shape index (κ1) is 25.8. The zero-order valence-corrected chi connectivity index (χ0v) is 19.8. The molecule has 1 aliphatic carbocycles. The molecule has 2 rings (SSSR count). The number of hydrogen-bond donors (Lipinski definition) is 2. The predicted molar refractivity (Wildman–Crippen MR) is 130 cm³/mol. The van der Waals surface area contributed by atoms with E-state index >= 15 is 0 Å². The molecule has 0 spiro atoms. The van der Waals surface area contributed by atoms with Gasteiger partial charge >= 0.3 is 0 Å². The van der Waals surface area contributed by atoms with Gasteiger partial charge in [-0.05, 0) is 73.6 Å². The number of hydroxylamine groups is 1. The minimum Gasteiger partial charge on any atom is -0.296 e. The van der Waals surface area contributed by atoms with Crippen LogP contribution in [0, 0.1) is 0 Å². The third-order valence-electron chi connectivity index (χ3n) is 5.80. The molecule has 1 aliphatic rings. The Balaban J connectivity index is 2.04. The van der Waals surface area contributed by atoms with Gasteiger partial charge in [0.05, 0.1) is 0 Å². The Labute approximate surface area is 192 Å². The minimum absolute atomic E-state index is 0.376. The Morgan fingerprint density at radius 1 is 1.31 bits per heavy atom. The molecule has 0 aliphatic heterocycles. The maximum atomic E-state index is 14.1. The van der Waals surface area contributed by atoms with Crippen molar-refractivity contribution in [2.24, 2.45) is 0 Å². The van der Waals surface area contributed by atoms with Gasteiger partial charge in [0.1, 0.15) is 6.17 Å². The van der Waals surface area contributed by atoms with Gasteiger partial charge in [-0.15, -0.1) is 0 Å². The van der Waals surface area contributed by atoms with Crippen LogP contribution in [0.4, 0.5) is 4.39 Å². The number of carbonyl (C=O) groups excluding carboxylic acids is 1. The first-order valence-corrected chi connectivity index (χ1v) is 11.5. The fraction of sp³-hybridized carbons (Fsp3) is 0.444. The minimum atomic E-state index is -0.891. The van der Waals surface area contributed by atoms with Crippen LogP contribution in [-0.2, 0) is 11.3 Å². The van der Waals surface area contributed by atoms with Gasteiger partial charge in [0.25, 0.3) is 5.91 Å². The van der Waals surface area contributed by atoms with Crippen molar-refractivity contribution >= 4 is 12.0 Å². The number of allylic oxidation sites excluding steroid dienone is 5. The summed E-state index contributed by atoms with van der Waals surface area (Å²) in [5, 5.41) is 8.57. The van der Waals surface area contributed by atoms with E-state index in [0.29, 0.717) is 12.5 Å². The molecule has 2 N–H and O–H groups in total. The second-order valence-electron chi connectivity index (χ2n) is 8.49. The summed E-state index contributed by atoms with van der Waals surface area (Å²) in [4.78, 5) is 13.5. The van der Waals surface area contributed by atoms with Crippen LogP contribution in [0.15, 0.2) is 65.3 Å². The van der Waals surface area contributed by atoms with Gasteiger partial charge in [-0.2, -0.15) is 0 Å². The van der Waals surface area contributed by atoms with Crippen LogP contribution in [0.3, 0.4) is 0 Å². The van der Waals surface area contributed by atoms with E-state index in [0.717, 1.165) is 43.5 Å². The molecule has 1 unspecified atom stereocenters. The Bertz CT molecular complexity index is 866.